The van der Waals surface area contributed by atoms with Crippen molar-refractivity contribution < 1.29 is 14.7 Å². The second kappa shape index (κ2) is 10.8. The van der Waals surface area contributed by atoms with Crippen LogP contribution in [-0.4, -0.2) is 64.3 Å². The molecule has 174 valence electrons. The fourth-order valence-electron chi connectivity index (χ4n) is 3.92. The average Bonchev–Trinajstić information content (AvgIpc) is 2.82. The minimum atomic E-state index is -0.953. The largest absolute Gasteiger partial charge is 0.481 e. The fourth-order valence-corrected chi connectivity index (χ4v) is 4.05. The number of hydrogen-bond acceptors (Lipinski definition) is 6. The molecule has 8 nitrogen and oxygen atoms in total. The lowest BCUT2D eigenvalue weighted by molar-refractivity contribution is -0.137. The monoisotopic (exact) mass is 489 g/mol. The van der Waals surface area contributed by atoms with Crippen molar-refractivity contribution in [2.75, 3.05) is 31.1 Å². The van der Waals surface area contributed by atoms with E-state index in [9.17, 15) is 9.59 Å². The summed E-state index contributed by atoms with van der Waals surface area (Å²) in [7, 11) is 0. The van der Waals surface area contributed by atoms with E-state index in [-0.39, 0.29) is 31.2 Å². The van der Waals surface area contributed by atoms with Crippen LogP contribution in [0, 0.1) is 0 Å². The van der Waals surface area contributed by atoms with Gasteiger partial charge in [-0.25, -0.2) is 0 Å². The van der Waals surface area contributed by atoms with E-state index in [1.807, 2.05) is 48.5 Å². The van der Waals surface area contributed by atoms with Crippen molar-refractivity contribution in [3.05, 3.63) is 53.6 Å². The number of aromatic nitrogens is 2. The zero-order valence-electron chi connectivity index (χ0n) is 17.9. The predicted octanol–water partition coefficient (Wildman–Crippen LogP) is 3.21. The first-order valence-electron chi connectivity index (χ1n) is 10.5. The molecule has 1 saturated heterocycles. The molecule has 2 aromatic carbocycles. The van der Waals surface area contributed by atoms with Crippen LogP contribution in [0.5, 0.6) is 0 Å². The summed E-state index contributed by atoms with van der Waals surface area (Å²) < 4.78 is 0. The van der Waals surface area contributed by atoms with Crippen LogP contribution in [0.4, 0.5) is 5.82 Å². The number of carboxylic acids is 1. The summed E-state index contributed by atoms with van der Waals surface area (Å²) >= 11 is 6.02. The zero-order valence-corrected chi connectivity index (χ0v) is 19.4. The van der Waals surface area contributed by atoms with E-state index < -0.39 is 12.0 Å². The fraction of sp³-hybridized carbons (Fsp3) is 0.304. The highest BCUT2D eigenvalue weighted by Gasteiger charge is 2.27. The number of piperazine rings is 1. The number of amides is 1. The Bertz CT molecular complexity index is 1130. The van der Waals surface area contributed by atoms with Crippen LogP contribution in [0.15, 0.2) is 48.5 Å². The molecule has 0 bridgehead atoms. The summed E-state index contributed by atoms with van der Waals surface area (Å²) in [6, 6.07) is 14.7. The minimum Gasteiger partial charge on any atom is -0.481 e. The van der Waals surface area contributed by atoms with Crippen molar-refractivity contribution in [1.82, 2.24) is 15.1 Å². The van der Waals surface area contributed by atoms with Gasteiger partial charge in [-0.2, -0.15) is 0 Å². The quantitative estimate of drug-likeness (QED) is 0.546. The molecule has 0 spiro atoms. The van der Waals surface area contributed by atoms with Gasteiger partial charge in [-0.1, -0.05) is 48.0 Å². The lowest BCUT2D eigenvalue weighted by Gasteiger charge is -2.36. The molecule has 3 aromatic rings. The van der Waals surface area contributed by atoms with Gasteiger partial charge in [-0.05, 0) is 18.6 Å². The lowest BCUT2D eigenvalue weighted by atomic mass is 10.0. The number of nitrogens with zero attached hydrogens (tertiary/aromatic N) is 4. The molecule has 1 aliphatic heterocycles. The van der Waals surface area contributed by atoms with E-state index in [2.05, 4.69) is 15.1 Å². The van der Waals surface area contributed by atoms with Gasteiger partial charge >= 0.3 is 5.97 Å². The molecule has 33 heavy (non-hydrogen) atoms. The standard InChI is InChI=1S/C23H24ClN5O3.ClH/c24-16-7-5-15(6-8-16)21-17-3-1-2-4-18(17)22(27-26-21)28-11-13-29(14-12-28)23(32)19(25)9-10-20(30)31;/h1-8,19H,9-14,25H2,(H,30,31);1H. The Labute approximate surface area is 202 Å². The Morgan fingerprint density at radius 2 is 1.64 bits per heavy atom. The van der Waals surface area contributed by atoms with Crippen LogP contribution in [0.2, 0.25) is 5.02 Å². The molecule has 0 aliphatic carbocycles. The van der Waals surface area contributed by atoms with Crippen molar-refractivity contribution in [3.8, 4) is 11.3 Å². The molecular formula is C23H25Cl2N5O3. The summed E-state index contributed by atoms with van der Waals surface area (Å²) in [6.07, 6.45) is 0.0189. The zero-order chi connectivity index (χ0) is 22.7. The molecule has 1 aromatic heterocycles. The van der Waals surface area contributed by atoms with Crippen molar-refractivity contribution in [3.63, 3.8) is 0 Å². The SMILES string of the molecule is Cl.NC(CCC(=O)O)C(=O)N1CCN(c2nnc(-c3ccc(Cl)cc3)c3ccccc23)CC1. The number of hydrogen-bond donors (Lipinski definition) is 2. The molecule has 0 saturated carbocycles. The second-order valence-electron chi connectivity index (χ2n) is 7.78. The highest BCUT2D eigenvalue weighted by Crippen LogP contribution is 2.32. The van der Waals surface area contributed by atoms with Gasteiger partial charge in [-0.15, -0.1) is 22.6 Å². The van der Waals surface area contributed by atoms with E-state index in [1.165, 1.54) is 0 Å². The van der Waals surface area contributed by atoms with E-state index in [1.54, 1.807) is 4.90 Å². The number of anilines is 1. The maximum Gasteiger partial charge on any atom is 0.303 e. The number of carbonyl (C=O) groups is 2. The Morgan fingerprint density at radius 1 is 1.00 bits per heavy atom. The number of halogens is 2. The van der Waals surface area contributed by atoms with Crippen LogP contribution in [0.3, 0.4) is 0 Å². The Morgan fingerprint density at radius 3 is 2.27 bits per heavy atom. The summed E-state index contributed by atoms with van der Waals surface area (Å²) in [4.78, 5) is 27.1. The summed E-state index contributed by atoms with van der Waals surface area (Å²) in [5, 5.41) is 20.5. The van der Waals surface area contributed by atoms with Crippen LogP contribution in [0.25, 0.3) is 22.0 Å². The third-order valence-electron chi connectivity index (χ3n) is 5.66. The van der Waals surface area contributed by atoms with E-state index >= 15 is 0 Å². The maximum atomic E-state index is 12.5. The molecule has 0 radical (unpaired) electrons. The molecule has 4 rings (SSSR count). The molecule has 1 fully saturated rings. The Balaban J connectivity index is 0.00000306. The number of rotatable bonds is 6. The molecular weight excluding hydrogens is 465 g/mol. The smallest absolute Gasteiger partial charge is 0.303 e. The van der Waals surface area contributed by atoms with Crippen LogP contribution >= 0.6 is 24.0 Å². The average molecular weight is 490 g/mol. The summed E-state index contributed by atoms with van der Waals surface area (Å²) in [5.74, 6) is -0.383. The van der Waals surface area contributed by atoms with E-state index in [0.717, 1.165) is 27.8 Å². The van der Waals surface area contributed by atoms with Crippen LogP contribution < -0.4 is 10.6 Å². The molecule has 2 heterocycles. The first kappa shape index (κ1) is 24.7. The molecule has 3 N–H and O–H groups in total. The van der Waals surface area contributed by atoms with Crippen molar-refractivity contribution in [1.29, 1.82) is 0 Å². The van der Waals surface area contributed by atoms with Gasteiger partial charge in [0.25, 0.3) is 0 Å². The third kappa shape index (κ3) is 5.52. The first-order chi connectivity index (χ1) is 15.4. The van der Waals surface area contributed by atoms with Crippen LogP contribution in [0.1, 0.15) is 12.8 Å². The summed E-state index contributed by atoms with van der Waals surface area (Å²) in [6.45, 7) is 2.18. The van der Waals surface area contributed by atoms with E-state index in [4.69, 9.17) is 22.4 Å². The number of aliphatic carboxylic acids is 1. The second-order valence-corrected chi connectivity index (χ2v) is 8.21. The third-order valence-corrected chi connectivity index (χ3v) is 5.91. The Hall–Kier alpha value is -2.94. The van der Waals surface area contributed by atoms with Gasteiger partial charge in [0.2, 0.25) is 5.91 Å². The highest BCUT2D eigenvalue weighted by molar-refractivity contribution is 6.30. The van der Waals surface area contributed by atoms with Gasteiger partial charge in [0.05, 0.1) is 6.04 Å². The van der Waals surface area contributed by atoms with Crippen molar-refractivity contribution in [2.45, 2.75) is 18.9 Å². The molecule has 1 aliphatic rings. The van der Waals surface area contributed by atoms with Gasteiger partial charge in [0, 0.05) is 54.0 Å². The molecule has 1 amide bonds. The first-order valence-corrected chi connectivity index (χ1v) is 10.8. The number of carboxylic acid groups (broad SMARTS) is 1. The van der Waals surface area contributed by atoms with Crippen LogP contribution in [-0.2, 0) is 9.59 Å². The number of carbonyl (C=O) groups excluding carboxylic acids is 1. The highest BCUT2D eigenvalue weighted by atomic mass is 35.5. The number of fused-ring (bicyclic) bond motifs is 1. The Kier molecular flexibility index (Phi) is 8.07. The van der Waals surface area contributed by atoms with Crippen molar-refractivity contribution in [2.24, 2.45) is 5.73 Å². The molecule has 10 heteroatoms. The van der Waals surface area contributed by atoms with Gasteiger partial charge < -0.3 is 20.6 Å². The van der Waals surface area contributed by atoms with Gasteiger partial charge in [0.1, 0.15) is 5.69 Å². The van der Waals surface area contributed by atoms with Gasteiger partial charge in [-0.3, -0.25) is 9.59 Å². The maximum absolute atomic E-state index is 12.5. The minimum absolute atomic E-state index is 0. The predicted molar refractivity (Wildman–Crippen MR) is 131 cm³/mol. The summed E-state index contributed by atoms with van der Waals surface area (Å²) in [5.41, 5.74) is 7.63. The number of benzene rings is 2. The van der Waals surface area contributed by atoms with Crippen molar-refractivity contribution >= 4 is 52.5 Å². The lowest BCUT2D eigenvalue weighted by Crippen LogP contribution is -2.53. The molecule has 1 unspecified atom stereocenters. The normalized spacial score (nSPS) is 14.6. The van der Waals surface area contributed by atoms with E-state index in [0.29, 0.717) is 31.2 Å². The topological polar surface area (TPSA) is 113 Å². The number of nitrogens with two attached hydrogens (primary N) is 1. The molecule has 1 atom stereocenters. The van der Waals surface area contributed by atoms with Gasteiger partial charge in [0.15, 0.2) is 5.82 Å².